The van der Waals surface area contributed by atoms with Crippen molar-refractivity contribution in [3.05, 3.63) is 24.3 Å². The maximum absolute atomic E-state index is 11.6. The lowest BCUT2D eigenvalue weighted by molar-refractivity contribution is -0.145. The molecule has 1 fully saturated rings. The Hall–Kier alpha value is -1.75. The Morgan fingerprint density at radius 1 is 1.27 bits per heavy atom. The zero-order chi connectivity index (χ0) is 16.1. The molecule has 0 amide bonds. The van der Waals surface area contributed by atoms with Gasteiger partial charge in [0.2, 0.25) is 0 Å². The molecule has 1 aliphatic heterocycles. The van der Waals surface area contributed by atoms with Crippen molar-refractivity contribution in [2.45, 2.75) is 32.7 Å². The minimum atomic E-state index is -0.790. The predicted octanol–water partition coefficient (Wildman–Crippen LogP) is 2.59. The summed E-state index contributed by atoms with van der Waals surface area (Å²) < 4.78 is 5.61. The summed E-state index contributed by atoms with van der Waals surface area (Å²) in [5, 5.41) is 18.7. The Bertz CT molecular complexity index is 478. The van der Waals surface area contributed by atoms with Gasteiger partial charge in [-0.2, -0.15) is 0 Å². The molecule has 0 radical (unpaired) electrons. The largest absolute Gasteiger partial charge is 0.508 e. The first kappa shape index (κ1) is 16.6. The van der Waals surface area contributed by atoms with Crippen LogP contribution >= 0.6 is 0 Å². The van der Waals surface area contributed by atoms with Crippen LogP contribution in [0.15, 0.2) is 24.3 Å². The molecule has 2 rings (SSSR count). The number of phenols is 1. The van der Waals surface area contributed by atoms with E-state index in [4.69, 9.17) is 4.74 Å². The molecule has 0 saturated carbocycles. The summed E-state index contributed by atoms with van der Waals surface area (Å²) in [6.45, 7) is 6.41. The number of likely N-dealkylation sites (tertiary alicyclic amines) is 1. The van der Waals surface area contributed by atoms with E-state index in [2.05, 4.69) is 18.7 Å². The highest BCUT2D eigenvalue weighted by Gasteiger charge is 2.32. The molecule has 22 heavy (non-hydrogen) atoms. The highest BCUT2D eigenvalue weighted by molar-refractivity contribution is 5.70. The van der Waals surface area contributed by atoms with E-state index < -0.39 is 11.9 Å². The third kappa shape index (κ3) is 4.37. The fraction of sp³-hybridized carbons (Fsp3) is 0.588. The Balaban J connectivity index is 1.90. The molecule has 1 aliphatic rings. The van der Waals surface area contributed by atoms with Gasteiger partial charge in [-0.3, -0.25) is 4.79 Å². The number of ether oxygens (including phenoxy) is 1. The molecule has 122 valence electrons. The van der Waals surface area contributed by atoms with Crippen LogP contribution in [0.25, 0.3) is 0 Å². The van der Waals surface area contributed by atoms with Crippen LogP contribution in [0.1, 0.15) is 26.7 Å². The van der Waals surface area contributed by atoms with Crippen molar-refractivity contribution >= 4 is 5.97 Å². The van der Waals surface area contributed by atoms with E-state index in [0.717, 1.165) is 25.9 Å². The second kappa shape index (κ2) is 7.49. The molecule has 0 aromatic heterocycles. The van der Waals surface area contributed by atoms with E-state index in [1.807, 2.05) is 0 Å². The lowest BCUT2D eigenvalue weighted by Gasteiger charge is -2.36. The molecular weight excluding hydrogens is 282 g/mol. The second-order valence-electron chi connectivity index (χ2n) is 6.22. The van der Waals surface area contributed by atoms with Gasteiger partial charge >= 0.3 is 5.97 Å². The fourth-order valence-corrected chi connectivity index (χ4v) is 2.98. The molecule has 1 aromatic rings. The number of carboxylic acid groups (broad SMARTS) is 1. The molecule has 1 unspecified atom stereocenters. The highest BCUT2D eigenvalue weighted by Crippen LogP contribution is 2.27. The van der Waals surface area contributed by atoms with Crippen LogP contribution < -0.4 is 4.74 Å². The fourth-order valence-electron chi connectivity index (χ4n) is 2.98. The third-order valence-electron chi connectivity index (χ3n) is 4.46. The Labute approximate surface area is 131 Å². The zero-order valence-electron chi connectivity index (χ0n) is 13.2. The van der Waals surface area contributed by atoms with Crippen LogP contribution in [0.3, 0.4) is 0 Å². The molecule has 5 heteroatoms. The van der Waals surface area contributed by atoms with Crippen LogP contribution in [-0.4, -0.2) is 46.8 Å². The molecule has 2 N–H and O–H groups in total. The van der Waals surface area contributed by atoms with E-state index in [-0.39, 0.29) is 18.3 Å². The van der Waals surface area contributed by atoms with Gasteiger partial charge in [-0.1, -0.05) is 0 Å². The smallest absolute Gasteiger partial charge is 0.310 e. The SMILES string of the molecule is CC(C)N1CCC(C(COc2ccc(O)cc2)C(=O)O)CC1. The quantitative estimate of drug-likeness (QED) is 0.845. The molecule has 5 nitrogen and oxygen atoms in total. The Kier molecular flexibility index (Phi) is 5.66. The first-order valence-corrected chi connectivity index (χ1v) is 7.86. The van der Waals surface area contributed by atoms with Gasteiger partial charge in [0.05, 0.1) is 5.92 Å². The van der Waals surface area contributed by atoms with Gasteiger partial charge in [-0.25, -0.2) is 0 Å². The van der Waals surface area contributed by atoms with Crippen LogP contribution in [0, 0.1) is 11.8 Å². The lowest BCUT2D eigenvalue weighted by atomic mass is 9.84. The maximum atomic E-state index is 11.6. The molecule has 1 atom stereocenters. The number of hydrogen-bond donors (Lipinski definition) is 2. The number of rotatable bonds is 6. The van der Waals surface area contributed by atoms with Gasteiger partial charge in [0.25, 0.3) is 0 Å². The minimum Gasteiger partial charge on any atom is -0.508 e. The summed E-state index contributed by atoms with van der Waals surface area (Å²) in [5.41, 5.74) is 0. The third-order valence-corrected chi connectivity index (χ3v) is 4.46. The average molecular weight is 307 g/mol. The predicted molar refractivity (Wildman–Crippen MR) is 84.2 cm³/mol. The van der Waals surface area contributed by atoms with Crippen LogP contribution in [0.5, 0.6) is 11.5 Å². The van der Waals surface area contributed by atoms with Crippen molar-refractivity contribution in [3.8, 4) is 11.5 Å². The van der Waals surface area contributed by atoms with Gasteiger partial charge < -0.3 is 19.8 Å². The normalized spacial score (nSPS) is 18.3. The molecule has 0 spiro atoms. The molecular formula is C17H25NO4. The second-order valence-corrected chi connectivity index (χ2v) is 6.22. The summed E-state index contributed by atoms with van der Waals surface area (Å²) in [4.78, 5) is 13.9. The molecule has 0 aliphatic carbocycles. The van der Waals surface area contributed by atoms with E-state index in [9.17, 15) is 15.0 Å². The first-order valence-electron chi connectivity index (χ1n) is 7.86. The van der Waals surface area contributed by atoms with Crippen molar-refractivity contribution < 1.29 is 19.7 Å². The van der Waals surface area contributed by atoms with Gasteiger partial charge in [0.15, 0.2) is 0 Å². The maximum Gasteiger partial charge on any atom is 0.310 e. The zero-order valence-corrected chi connectivity index (χ0v) is 13.2. The van der Waals surface area contributed by atoms with Crippen molar-refractivity contribution in [2.75, 3.05) is 19.7 Å². The van der Waals surface area contributed by atoms with Crippen molar-refractivity contribution in [3.63, 3.8) is 0 Å². The van der Waals surface area contributed by atoms with Crippen LogP contribution in [0.4, 0.5) is 0 Å². The number of aliphatic carboxylic acids is 1. The number of phenolic OH excluding ortho intramolecular Hbond substituents is 1. The molecule has 1 aromatic carbocycles. The summed E-state index contributed by atoms with van der Waals surface area (Å²) in [6, 6.07) is 6.88. The Morgan fingerprint density at radius 2 is 1.86 bits per heavy atom. The number of carboxylic acids is 1. The first-order chi connectivity index (χ1) is 10.5. The minimum absolute atomic E-state index is 0.157. The number of hydrogen-bond acceptors (Lipinski definition) is 4. The lowest BCUT2D eigenvalue weighted by Crippen LogP contribution is -2.42. The number of aromatic hydroxyl groups is 1. The van der Waals surface area contributed by atoms with E-state index >= 15 is 0 Å². The molecule has 1 heterocycles. The van der Waals surface area contributed by atoms with Crippen LogP contribution in [0.2, 0.25) is 0 Å². The van der Waals surface area contributed by atoms with Gasteiger partial charge in [-0.15, -0.1) is 0 Å². The number of carbonyl (C=O) groups is 1. The molecule has 1 saturated heterocycles. The van der Waals surface area contributed by atoms with E-state index in [0.29, 0.717) is 11.8 Å². The van der Waals surface area contributed by atoms with Crippen molar-refractivity contribution in [2.24, 2.45) is 11.8 Å². The highest BCUT2D eigenvalue weighted by atomic mass is 16.5. The van der Waals surface area contributed by atoms with Crippen LogP contribution in [-0.2, 0) is 4.79 Å². The number of benzene rings is 1. The van der Waals surface area contributed by atoms with Gasteiger partial charge in [0, 0.05) is 6.04 Å². The van der Waals surface area contributed by atoms with Gasteiger partial charge in [0.1, 0.15) is 18.1 Å². The standard InChI is InChI=1S/C17H25NO4/c1-12(2)18-9-7-13(8-10-18)16(17(20)21)11-22-15-5-3-14(19)4-6-15/h3-6,12-13,16,19H,7-11H2,1-2H3,(H,20,21). The number of nitrogens with zero attached hydrogens (tertiary/aromatic N) is 1. The summed E-state index contributed by atoms with van der Waals surface area (Å²) >= 11 is 0. The van der Waals surface area contributed by atoms with E-state index in [1.54, 1.807) is 12.1 Å². The summed E-state index contributed by atoms with van der Waals surface area (Å²) in [7, 11) is 0. The van der Waals surface area contributed by atoms with Crippen molar-refractivity contribution in [1.82, 2.24) is 4.90 Å². The summed E-state index contributed by atoms with van der Waals surface area (Å²) in [6.07, 6.45) is 1.79. The van der Waals surface area contributed by atoms with Gasteiger partial charge in [-0.05, 0) is 70.0 Å². The van der Waals surface area contributed by atoms with Crippen molar-refractivity contribution in [1.29, 1.82) is 0 Å². The number of piperidine rings is 1. The molecule has 0 bridgehead atoms. The monoisotopic (exact) mass is 307 g/mol. The average Bonchev–Trinajstić information content (AvgIpc) is 2.49. The Morgan fingerprint density at radius 3 is 2.36 bits per heavy atom. The summed E-state index contributed by atoms with van der Waals surface area (Å²) in [5.74, 6) is -0.360. The van der Waals surface area contributed by atoms with E-state index in [1.165, 1.54) is 12.1 Å². The topological polar surface area (TPSA) is 70.0 Å².